The Morgan fingerprint density at radius 3 is 2.53 bits per heavy atom. The molecule has 0 bridgehead atoms. The molecule has 2 N–H and O–H groups in total. The SMILES string of the molecule is CCCn1c(C(C)(C)C(C)(C)N)nc2cccnc21. The number of aromatic nitrogens is 3. The molecule has 0 aliphatic heterocycles. The van der Waals surface area contributed by atoms with Crippen LogP contribution in [0.3, 0.4) is 0 Å². The van der Waals surface area contributed by atoms with Crippen LogP contribution in [0.1, 0.15) is 46.9 Å². The van der Waals surface area contributed by atoms with Crippen LogP contribution in [0.4, 0.5) is 0 Å². The molecule has 0 radical (unpaired) electrons. The topological polar surface area (TPSA) is 56.7 Å². The molecule has 0 aromatic carbocycles. The van der Waals surface area contributed by atoms with Crippen LogP contribution in [0.2, 0.25) is 0 Å². The van der Waals surface area contributed by atoms with E-state index in [-0.39, 0.29) is 11.0 Å². The number of pyridine rings is 1. The molecule has 0 aliphatic carbocycles. The molecule has 2 rings (SSSR count). The minimum atomic E-state index is -0.347. The molecule has 0 aliphatic rings. The normalized spacial score (nSPS) is 13.2. The van der Waals surface area contributed by atoms with Crippen LogP contribution in [0.5, 0.6) is 0 Å². The van der Waals surface area contributed by atoms with Crippen molar-refractivity contribution in [2.75, 3.05) is 0 Å². The molecular formula is C15H24N4. The van der Waals surface area contributed by atoms with E-state index in [2.05, 4.69) is 44.2 Å². The Balaban J connectivity index is 2.69. The maximum atomic E-state index is 6.36. The largest absolute Gasteiger partial charge is 0.325 e. The van der Waals surface area contributed by atoms with Gasteiger partial charge in [-0.1, -0.05) is 20.8 Å². The van der Waals surface area contributed by atoms with Crippen molar-refractivity contribution in [2.45, 2.75) is 58.5 Å². The molecule has 2 aromatic rings. The van der Waals surface area contributed by atoms with Gasteiger partial charge in [0.1, 0.15) is 11.3 Å². The van der Waals surface area contributed by atoms with E-state index in [0.29, 0.717) is 0 Å². The molecule has 4 nitrogen and oxygen atoms in total. The first kappa shape index (κ1) is 14.0. The van der Waals surface area contributed by atoms with E-state index in [1.165, 1.54) is 0 Å². The Morgan fingerprint density at radius 1 is 1.26 bits per heavy atom. The number of nitrogens with two attached hydrogens (primary N) is 1. The number of fused-ring (bicyclic) bond motifs is 1. The summed E-state index contributed by atoms with van der Waals surface area (Å²) in [6, 6.07) is 3.94. The molecule has 0 fully saturated rings. The lowest BCUT2D eigenvalue weighted by atomic mass is 9.74. The van der Waals surface area contributed by atoms with Crippen LogP contribution in [0.15, 0.2) is 18.3 Å². The van der Waals surface area contributed by atoms with Crippen LogP contribution in [0, 0.1) is 0 Å². The van der Waals surface area contributed by atoms with Gasteiger partial charge in [-0.3, -0.25) is 0 Å². The Labute approximate surface area is 115 Å². The highest BCUT2D eigenvalue weighted by Crippen LogP contribution is 2.34. The molecule has 2 heterocycles. The lowest BCUT2D eigenvalue weighted by Gasteiger charge is -2.38. The molecule has 0 saturated heterocycles. The summed E-state index contributed by atoms with van der Waals surface area (Å²) in [6.45, 7) is 11.5. The van der Waals surface area contributed by atoms with Gasteiger partial charge < -0.3 is 10.3 Å². The van der Waals surface area contributed by atoms with Gasteiger partial charge in [-0.2, -0.15) is 0 Å². The van der Waals surface area contributed by atoms with Crippen LogP contribution in [-0.4, -0.2) is 20.1 Å². The van der Waals surface area contributed by atoms with Gasteiger partial charge in [0, 0.05) is 23.7 Å². The molecule has 2 aromatic heterocycles. The lowest BCUT2D eigenvalue weighted by molar-refractivity contribution is 0.282. The average Bonchev–Trinajstić information content (AvgIpc) is 2.68. The van der Waals surface area contributed by atoms with E-state index >= 15 is 0 Å². The van der Waals surface area contributed by atoms with Crippen molar-refractivity contribution in [3.05, 3.63) is 24.2 Å². The van der Waals surface area contributed by atoms with E-state index in [1.807, 2.05) is 18.3 Å². The van der Waals surface area contributed by atoms with E-state index in [1.54, 1.807) is 0 Å². The monoisotopic (exact) mass is 260 g/mol. The Hall–Kier alpha value is -1.42. The maximum Gasteiger partial charge on any atom is 0.159 e. The molecule has 19 heavy (non-hydrogen) atoms. The van der Waals surface area contributed by atoms with Crippen LogP contribution in [0.25, 0.3) is 11.2 Å². The van der Waals surface area contributed by atoms with Crippen LogP contribution < -0.4 is 5.73 Å². The second kappa shape index (κ2) is 4.60. The third-order valence-corrected chi connectivity index (χ3v) is 4.12. The van der Waals surface area contributed by atoms with Gasteiger partial charge in [-0.25, -0.2) is 9.97 Å². The summed E-state index contributed by atoms with van der Waals surface area (Å²) in [4.78, 5) is 9.27. The van der Waals surface area contributed by atoms with Crippen LogP contribution >= 0.6 is 0 Å². The smallest absolute Gasteiger partial charge is 0.159 e. The predicted octanol–water partition coefficient (Wildman–Crippen LogP) is 2.86. The van der Waals surface area contributed by atoms with Crippen molar-refractivity contribution < 1.29 is 0 Å². The molecular weight excluding hydrogens is 236 g/mol. The van der Waals surface area contributed by atoms with Gasteiger partial charge in [-0.05, 0) is 32.4 Å². The Kier molecular flexibility index (Phi) is 3.39. The third-order valence-electron chi connectivity index (χ3n) is 4.12. The zero-order chi connectivity index (χ0) is 14.3. The summed E-state index contributed by atoms with van der Waals surface area (Å²) < 4.78 is 2.21. The number of rotatable bonds is 4. The fourth-order valence-corrected chi connectivity index (χ4v) is 2.16. The first-order valence-corrected chi connectivity index (χ1v) is 6.89. The van der Waals surface area contributed by atoms with Gasteiger partial charge in [0.2, 0.25) is 0 Å². The molecule has 4 heteroatoms. The van der Waals surface area contributed by atoms with Crippen molar-refractivity contribution in [3.63, 3.8) is 0 Å². The van der Waals surface area contributed by atoms with Gasteiger partial charge in [-0.15, -0.1) is 0 Å². The van der Waals surface area contributed by atoms with E-state index < -0.39 is 0 Å². The van der Waals surface area contributed by atoms with Crippen molar-refractivity contribution in [1.82, 2.24) is 14.5 Å². The standard InChI is InChI=1S/C15H24N4/c1-6-10-19-12-11(8-7-9-17-12)18-13(19)14(2,3)15(4,5)16/h7-9H,6,10,16H2,1-5H3. The number of hydrogen-bond donors (Lipinski definition) is 1. The molecule has 0 saturated carbocycles. The highest BCUT2D eigenvalue weighted by atomic mass is 15.1. The number of hydrogen-bond acceptors (Lipinski definition) is 3. The molecule has 0 amide bonds. The van der Waals surface area contributed by atoms with Crippen LogP contribution in [-0.2, 0) is 12.0 Å². The Bertz CT molecular complexity index is 575. The highest BCUT2D eigenvalue weighted by Gasteiger charge is 2.39. The van der Waals surface area contributed by atoms with Gasteiger partial charge in [0.15, 0.2) is 5.65 Å². The van der Waals surface area contributed by atoms with Crippen molar-refractivity contribution >= 4 is 11.2 Å². The first-order valence-electron chi connectivity index (χ1n) is 6.89. The fraction of sp³-hybridized carbons (Fsp3) is 0.600. The quantitative estimate of drug-likeness (QED) is 0.919. The predicted molar refractivity (Wildman–Crippen MR) is 79.1 cm³/mol. The van der Waals surface area contributed by atoms with E-state index in [9.17, 15) is 0 Å². The van der Waals surface area contributed by atoms with E-state index in [0.717, 1.165) is 30.0 Å². The zero-order valence-corrected chi connectivity index (χ0v) is 12.6. The molecule has 0 atom stereocenters. The second-order valence-corrected chi connectivity index (χ2v) is 6.28. The van der Waals surface area contributed by atoms with Gasteiger partial charge in [0.25, 0.3) is 0 Å². The summed E-state index contributed by atoms with van der Waals surface area (Å²) in [7, 11) is 0. The zero-order valence-electron chi connectivity index (χ0n) is 12.6. The highest BCUT2D eigenvalue weighted by molar-refractivity contribution is 5.71. The second-order valence-electron chi connectivity index (χ2n) is 6.28. The van der Waals surface area contributed by atoms with Crippen molar-refractivity contribution in [2.24, 2.45) is 5.73 Å². The maximum absolute atomic E-state index is 6.36. The summed E-state index contributed by atoms with van der Waals surface area (Å²) >= 11 is 0. The summed E-state index contributed by atoms with van der Waals surface area (Å²) in [5, 5.41) is 0. The fourth-order valence-electron chi connectivity index (χ4n) is 2.16. The summed E-state index contributed by atoms with van der Waals surface area (Å²) in [6.07, 6.45) is 2.87. The molecule has 0 unspecified atom stereocenters. The van der Waals surface area contributed by atoms with Crippen molar-refractivity contribution in [1.29, 1.82) is 0 Å². The minimum Gasteiger partial charge on any atom is -0.325 e. The van der Waals surface area contributed by atoms with E-state index in [4.69, 9.17) is 10.7 Å². The number of aryl methyl sites for hydroxylation is 1. The summed E-state index contributed by atoms with van der Waals surface area (Å²) in [5.74, 6) is 1.02. The number of nitrogens with zero attached hydrogens (tertiary/aromatic N) is 3. The average molecular weight is 260 g/mol. The Morgan fingerprint density at radius 2 is 1.95 bits per heavy atom. The lowest BCUT2D eigenvalue weighted by Crippen LogP contribution is -2.51. The molecule has 0 spiro atoms. The van der Waals surface area contributed by atoms with Crippen molar-refractivity contribution in [3.8, 4) is 0 Å². The first-order chi connectivity index (χ1) is 8.79. The number of imidazole rings is 1. The summed E-state index contributed by atoms with van der Waals surface area (Å²) in [5.41, 5.74) is 7.69. The third kappa shape index (κ3) is 2.25. The minimum absolute atomic E-state index is 0.219. The van der Waals surface area contributed by atoms with Gasteiger partial charge >= 0.3 is 0 Å². The molecule has 104 valence electrons. The van der Waals surface area contributed by atoms with Gasteiger partial charge in [0.05, 0.1) is 0 Å².